The molecule has 0 aromatic carbocycles. The van der Waals surface area contributed by atoms with Crippen molar-refractivity contribution >= 4 is 0 Å². The molecule has 0 aromatic heterocycles. The van der Waals surface area contributed by atoms with E-state index in [1.807, 2.05) is 0 Å². The average molecular weight is 219 g/mol. The first-order valence-corrected chi connectivity index (χ1v) is 5.82. The third-order valence-electron chi connectivity index (χ3n) is 3.31. The highest BCUT2D eigenvalue weighted by molar-refractivity contribution is 5.32. The summed E-state index contributed by atoms with van der Waals surface area (Å²) in [4.78, 5) is 0. The monoisotopic (exact) mass is 219 g/mol. The van der Waals surface area contributed by atoms with E-state index in [2.05, 4.69) is 29.8 Å². The van der Waals surface area contributed by atoms with Crippen LogP contribution < -0.4 is 16.0 Å². The lowest BCUT2D eigenvalue weighted by Crippen LogP contribution is -2.41. The molecular weight excluding hydrogens is 202 g/mol. The summed E-state index contributed by atoms with van der Waals surface area (Å²) in [5, 5.41) is 10.1. The Kier molecular flexibility index (Phi) is 2.09. The number of allylic oxidation sites excluding steroid dienone is 3. The SMILES string of the molecule is CC1=C(C)NC2=C(C1)OC1=C(NCCC1)N2. The van der Waals surface area contributed by atoms with Crippen molar-refractivity contribution in [2.75, 3.05) is 6.54 Å². The molecule has 0 bridgehead atoms. The lowest BCUT2D eigenvalue weighted by Gasteiger charge is -2.33. The van der Waals surface area contributed by atoms with Crippen LogP contribution in [0.25, 0.3) is 0 Å². The normalized spacial score (nSPS) is 23.9. The van der Waals surface area contributed by atoms with Gasteiger partial charge in [-0.1, -0.05) is 0 Å². The van der Waals surface area contributed by atoms with E-state index in [9.17, 15) is 0 Å². The van der Waals surface area contributed by atoms with Gasteiger partial charge in [0, 0.05) is 25.1 Å². The maximum Gasteiger partial charge on any atom is 0.148 e. The number of ether oxygens (including phenoxy) is 1. The van der Waals surface area contributed by atoms with Crippen LogP contribution in [0.1, 0.15) is 33.1 Å². The fourth-order valence-corrected chi connectivity index (χ4v) is 2.19. The molecule has 86 valence electrons. The molecule has 16 heavy (non-hydrogen) atoms. The lowest BCUT2D eigenvalue weighted by atomic mass is 10.1. The minimum atomic E-state index is 0.901. The lowest BCUT2D eigenvalue weighted by molar-refractivity contribution is 0.234. The number of hydrogen-bond acceptors (Lipinski definition) is 4. The second kappa shape index (κ2) is 3.47. The Bertz CT molecular complexity index is 394. The second-order valence-electron chi connectivity index (χ2n) is 4.56. The largest absolute Gasteiger partial charge is 0.458 e. The van der Waals surface area contributed by atoms with Crippen molar-refractivity contribution in [2.24, 2.45) is 0 Å². The van der Waals surface area contributed by atoms with Crippen molar-refractivity contribution in [3.63, 3.8) is 0 Å². The molecule has 0 spiro atoms. The van der Waals surface area contributed by atoms with Gasteiger partial charge >= 0.3 is 0 Å². The number of hydrogen-bond donors (Lipinski definition) is 3. The van der Waals surface area contributed by atoms with Gasteiger partial charge in [-0.15, -0.1) is 0 Å². The van der Waals surface area contributed by atoms with Crippen LogP contribution in [0.4, 0.5) is 0 Å². The molecule has 3 aliphatic heterocycles. The molecule has 0 unspecified atom stereocenters. The van der Waals surface area contributed by atoms with Gasteiger partial charge in [0.25, 0.3) is 0 Å². The Hall–Kier alpha value is -1.58. The first-order chi connectivity index (χ1) is 7.74. The van der Waals surface area contributed by atoms with Gasteiger partial charge in [-0.25, -0.2) is 0 Å². The summed E-state index contributed by atoms with van der Waals surface area (Å²) < 4.78 is 5.95. The van der Waals surface area contributed by atoms with E-state index < -0.39 is 0 Å². The van der Waals surface area contributed by atoms with Gasteiger partial charge in [0.05, 0.1) is 0 Å². The van der Waals surface area contributed by atoms with Crippen LogP contribution in [0.3, 0.4) is 0 Å². The first-order valence-electron chi connectivity index (χ1n) is 5.82. The van der Waals surface area contributed by atoms with Gasteiger partial charge in [0.1, 0.15) is 23.2 Å². The Labute approximate surface area is 95.4 Å². The molecular formula is C12H17N3O. The maximum atomic E-state index is 5.95. The molecule has 0 saturated carbocycles. The zero-order chi connectivity index (χ0) is 11.1. The molecule has 0 radical (unpaired) electrons. The first kappa shape index (κ1) is 9.63. The molecule has 0 atom stereocenters. The molecule has 3 rings (SSSR count). The molecule has 0 aromatic rings. The van der Waals surface area contributed by atoms with Gasteiger partial charge in [0.15, 0.2) is 0 Å². The van der Waals surface area contributed by atoms with Gasteiger partial charge in [-0.3, -0.25) is 0 Å². The molecule has 3 N–H and O–H groups in total. The zero-order valence-electron chi connectivity index (χ0n) is 9.74. The van der Waals surface area contributed by atoms with Crippen molar-refractivity contribution in [2.45, 2.75) is 33.1 Å². The molecule has 3 heterocycles. The quantitative estimate of drug-likeness (QED) is 0.579. The van der Waals surface area contributed by atoms with Crippen LogP contribution >= 0.6 is 0 Å². The summed E-state index contributed by atoms with van der Waals surface area (Å²) in [6.07, 6.45) is 3.07. The van der Waals surface area contributed by atoms with Crippen molar-refractivity contribution < 1.29 is 4.74 Å². The fraction of sp³-hybridized carbons (Fsp3) is 0.500. The Morgan fingerprint density at radius 1 is 1.06 bits per heavy atom. The van der Waals surface area contributed by atoms with Crippen LogP contribution in [0.15, 0.2) is 34.4 Å². The maximum absolute atomic E-state index is 5.95. The number of rotatable bonds is 0. The summed E-state index contributed by atoms with van der Waals surface area (Å²) in [5.41, 5.74) is 2.56. The highest BCUT2D eigenvalue weighted by atomic mass is 16.5. The molecule has 4 heteroatoms. The molecule has 0 saturated heterocycles. The standard InChI is InChI=1S/C12H17N3O/c1-7-6-10-12(14-8(7)2)15-11-9(16-10)4-3-5-13-11/h13-15H,3-6H2,1-2H3. The smallest absolute Gasteiger partial charge is 0.148 e. The predicted molar refractivity (Wildman–Crippen MR) is 61.6 cm³/mol. The van der Waals surface area contributed by atoms with E-state index in [0.29, 0.717) is 0 Å². The summed E-state index contributed by atoms with van der Waals surface area (Å²) in [7, 11) is 0. The third kappa shape index (κ3) is 1.45. The number of nitrogens with one attached hydrogen (secondary N) is 3. The summed E-state index contributed by atoms with van der Waals surface area (Å²) >= 11 is 0. The number of dihydropyridines is 1. The minimum Gasteiger partial charge on any atom is -0.458 e. The zero-order valence-corrected chi connectivity index (χ0v) is 9.74. The van der Waals surface area contributed by atoms with Crippen LogP contribution in [0.2, 0.25) is 0 Å². The van der Waals surface area contributed by atoms with Crippen LogP contribution in [0.5, 0.6) is 0 Å². The van der Waals surface area contributed by atoms with Crippen LogP contribution in [0, 0.1) is 0 Å². The highest BCUT2D eigenvalue weighted by Crippen LogP contribution is 2.30. The highest BCUT2D eigenvalue weighted by Gasteiger charge is 2.26. The Morgan fingerprint density at radius 3 is 2.81 bits per heavy atom. The van der Waals surface area contributed by atoms with E-state index in [1.54, 1.807) is 0 Å². The van der Waals surface area contributed by atoms with Gasteiger partial charge < -0.3 is 20.7 Å². The van der Waals surface area contributed by atoms with Gasteiger partial charge in [0.2, 0.25) is 0 Å². The van der Waals surface area contributed by atoms with Crippen LogP contribution in [-0.4, -0.2) is 6.54 Å². The molecule has 3 aliphatic rings. The van der Waals surface area contributed by atoms with Gasteiger partial charge in [-0.2, -0.15) is 0 Å². The van der Waals surface area contributed by atoms with Crippen molar-refractivity contribution in [1.29, 1.82) is 0 Å². The topological polar surface area (TPSA) is 45.3 Å². The molecule has 0 amide bonds. The fourth-order valence-electron chi connectivity index (χ4n) is 2.19. The predicted octanol–water partition coefficient (Wildman–Crippen LogP) is 1.61. The second-order valence-corrected chi connectivity index (χ2v) is 4.56. The van der Waals surface area contributed by atoms with E-state index in [0.717, 1.165) is 49.0 Å². The van der Waals surface area contributed by atoms with E-state index in [4.69, 9.17) is 4.74 Å². The summed E-state index contributed by atoms with van der Waals surface area (Å²) in [6, 6.07) is 0. The van der Waals surface area contributed by atoms with Crippen molar-refractivity contribution in [3.05, 3.63) is 34.4 Å². The molecule has 4 nitrogen and oxygen atoms in total. The van der Waals surface area contributed by atoms with E-state index in [-0.39, 0.29) is 0 Å². The third-order valence-corrected chi connectivity index (χ3v) is 3.31. The van der Waals surface area contributed by atoms with Crippen molar-refractivity contribution in [1.82, 2.24) is 16.0 Å². The Balaban J connectivity index is 1.84. The van der Waals surface area contributed by atoms with Crippen molar-refractivity contribution in [3.8, 4) is 0 Å². The minimum absolute atomic E-state index is 0.901. The average Bonchev–Trinajstić information content (AvgIpc) is 2.28. The summed E-state index contributed by atoms with van der Waals surface area (Å²) in [6.45, 7) is 5.25. The summed E-state index contributed by atoms with van der Waals surface area (Å²) in [5.74, 6) is 4.10. The van der Waals surface area contributed by atoms with Crippen LogP contribution in [-0.2, 0) is 4.74 Å². The Morgan fingerprint density at radius 2 is 1.94 bits per heavy atom. The molecule has 0 fully saturated rings. The van der Waals surface area contributed by atoms with E-state index >= 15 is 0 Å². The van der Waals surface area contributed by atoms with Gasteiger partial charge in [-0.05, 0) is 25.8 Å². The molecule has 0 aliphatic carbocycles. The van der Waals surface area contributed by atoms with E-state index in [1.165, 1.54) is 11.3 Å².